The van der Waals surface area contributed by atoms with Crippen molar-refractivity contribution < 1.29 is 0 Å². The Labute approximate surface area is 105 Å². The molecule has 0 saturated heterocycles. The smallest absolute Gasteiger partial charge is 0.101 e. The minimum absolute atomic E-state index is 0.483. The number of nitrogens with one attached hydrogen (secondary N) is 1. The second-order valence-electron chi connectivity index (χ2n) is 3.77. The molecule has 0 aliphatic rings. The fourth-order valence-corrected chi connectivity index (χ4v) is 1.75. The van der Waals surface area contributed by atoms with Crippen LogP contribution in [0.25, 0.3) is 0 Å². The van der Waals surface area contributed by atoms with Gasteiger partial charge in [-0.2, -0.15) is 5.26 Å². The highest BCUT2D eigenvalue weighted by molar-refractivity contribution is 6.31. The van der Waals surface area contributed by atoms with E-state index in [4.69, 9.17) is 16.9 Å². The molecule has 2 rings (SSSR count). The van der Waals surface area contributed by atoms with Crippen LogP contribution in [0.2, 0.25) is 5.02 Å². The van der Waals surface area contributed by atoms with Crippen molar-refractivity contribution in [1.29, 1.82) is 5.26 Å². The minimum atomic E-state index is 0.483. The lowest BCUT2D eigenvalue weighted by Crippen LogP contribution is -2.04. The Morgan fingerprint density at radius 1 is 1.41 bits per heavy atom. The molecule has 0 radical (unpaired) electrons. The Morgan fingerprint density at radius 3 is 2.88 bits per heavy atom. The number of aromatic nitrogens is 1. The van der Waals surface area contributed by atoms with Crippen LogP contribution in [0.4, 0.5) is 5.69 Å². The maximum Gasteiger partial charge on any atom is 0.101 e. The molecule has 0 aliphatic carbocycles. The molecular formula is C13H12ClN3. The molecule has 2 aromatic rings. The molecule has 0 aliphatic heterocycles. The predicted octanol–water partition coefficient (Wildman–Crippen LogP) is 3.16. The molecule has 0 atom stereocenters. The van der Waals surface area contributed by atoms with Crippen LogP contribution in [-0.4, -0.2) is 4.57 Å². The molecule has 0 unspecified atom stereocenters. The number of aryl methyl sites for hydroxylation is 1. The Hall–Kier alpha value is -1.92. The van der Waals surface area contributed by atoms with Gasteiger partial charge in [0.2, 0.25) is 0 Å². The van der Waals surface area contributed by atoms with E-state index in [0.717, 1.165) is 12.2 Å². The van der Waals surface area contributed by atoms with Gasteiger partial charge in [-0.1, -0.05) is 11.6 Å². The van der Waals surface area contributed by atoms with Gasteiger partial charge in [0, 0.05) is 24.6 Å². The standard InChI is InChI=1S/C13H12ClN3/c1-17-6-2-3-12(17)9-16-11-4-5-13(14)10(7-11)8-15/h2-7,16H,9H2,1H3. The van der Waals surface area contributed by atoms with Crippen molar-refractivity contribution in [2.75, 3.05) is 5.32 Å². The van der Waals surface area contributed by atoms with Gasteiger partial charge in [-0.15, -0.1) is 0 Å². The third kappa shape index (κ3) is 2.61. The third-order valence-corrected chi connectivity index (χ3v) is 2.94. The number of nitriles is 1. The van der Waals surface area contributed by atoms with Crippen molar-refractivity contribution in [1.82, 2.24) is 4.57 Å². The van der Waals surface area contributed by atoms with Crippen molar-refractivity contribution in [2.45, 2.75) is 6.54 Å². The molecule has 0 saturated carbocycles. The number of hydrogen-bond donors (Lipinski definition) is 1. The molecule has 1 aromatic heterocycles. The lowest BCUT2D eigenvalue weighted by atomic mass is 10.2. The zero-order chi connectivity index (χ0) is 12.3. The van der Waals surface area contributed by atoms with Crippen molar-refractivity contribution >= 4 is 17.3 Å². The normalized spacial score (nSPS) is 9.94. The van der Waals surface area contributed by atoms with E-state index in [1.165, 1.54) is 5.69 Å². The summed E-state index contributed by atoms with van der Waals surface area (Å²) in [4.78, 5) is 0. The Morgan fingerprint density at radius 2 is 2.24 bits per heavy atom. The van der Waals surface area contributed by atoms with E-state index >= 15 is 0 Å². The maximum absolute atomic E-state index is 8.87. The molecular weight excluding hydrogens is 234 g/mol. The molecule has 1 N–H and O–H groups in total. The average molecular weight is 246 g/mol. The summed E-state index contributed by atoms with van der Waals surface area (Å²) in [5, 5.41) is 12.6. The zero-order valence-corrected chi connectivity index (χ0v) is 10.2. The summed E-state index contributed by atoms with van der Waals surface area (Å²) in [7, 11) is 2.00. The lowest BCUT2D eigenvalue weighted by molar-refractivity contribution is 0.842. The van der Waals surface area contributed by atoms with Gasteiger partial charge in [0.05, 0.1) is 17.1 Å². The molecule has 86 valence electrons. The summed E-state index contributed by atoms with van der Waals surface area (Å²) in [6.07, 6.45) is 2.00. The van der Waals surface area contributed by atoms with Gasteiger partial charge in [-0.3, -0.25) is 0 Å². The van der Waals surface area contributed by atoms with Crippen molar-refractivity contribution in [3.63, 3.8) is 0 Å². The van der Waals surface area contributed by atoms with Gasteiger partial charge in [0.15, 0.2) is 0 Å². The van der Waals surface area contributed by atoms with E-state index in [-0.39, 0.29) is 0 Å². The van der Waals surface area contributed by atoms with Crippen LogP contribution in [0.5, 0.6) is 0 Å². The quantitative estimate of drug-likeness (QED) is 0.902. The zero-order valence-electron chi connectivity index (χ0n) is 9.44. The summed E-state index contributed by atoms with van der Waals surface area (Å²) >= 11 is 5.87. The fraction of sp³-hybridized carbons (Fsp3) is 0.154. The molecule has 0 amide bonds. The van der Waals surface area contributed by atoms with E-state index < -0.39 is 0 Å². The first-order valence-electron chi connectivity index (χ1n) is 5.24. The van der Waals surface area contributed by atoms with Crippen LogP contribution >= 0.6 is 11.6 Å². The average Bonchev–Trinajstić information content (AvgIpc) is 2.74. The summed E-state index contributed by atoms with van der Waals surface area (Å²) in [5.41, 5.74) is 2.56. The van der Waals surface area contributed by atoms with Crippen molar-refractivity contribution in [3.05, 3.63) is 52.8 Å². The molecule has 4 heteroatoms. The first-order valence-corrected chi connectivity index (χ1v) is 5.62. The summed E-state index contributed by atoms with van der Waals surface area (Å²) < 4.78 is 2.05. The number of halogens is 1. The van der Waals surface area contributed by atoms with Gasteiger partial charge in [-0.25, -0.2) is 0 Å². The van der Waals surface area contributed by atoms with Crippen LogP contribution < -0.4 is 5.32 Å². The van der Waals surface area contributed by atoms with Crippen molar-refractivity contribution in [2.24, 2.45) is 7.05 Å². The Bertz CT molecular complexity index is 566. The third-order valence-electron chi connectivity index (χ3n) is 2.61. The van der Waals surface area contributed by atoms with Gasteiger partial charge < -0.3 is 9.88 Å². The molecule has 3 nitrogen and oxygen atoms in total. The summed E-state index contributed by atoms with van der Waals surface area (Å²) in [6, 6.07) is 11.5. The number of rotatable bonds is 3. The number of anilines is 1. The first kappa shape index (κ1) is 11.6. The highest BCUT2D eigenvalue weighted by Gasteiger charge is 2.02. The van der Waals surface area contributed by atoms with Gasteiger partial charge in [0.1, 0.15) is 6.07 Å². The second-order valence-corrected chi connectivity index (χ2v) is 4.18. The van der Waals surface area contributed by atoms with E-state index in [9.17, 15) is 0 Å². The lowest BCUT2D eigenvalue weighted by Gasteiger charge is -2.08. The van der Waals surface area contributed by atoms with Crippen LogP contribution in [0.15, 0.2) is 36.5 Å². The molecule has 1 heterocycles. The van der Waals surface area contributed by atoms with E-state index in [2.05, 4.69) is 11.4 Å². The van der Waals surface area contributed by atoms with Crippen LogP contribution in [0, 0.1) is 11.3 Å². The van der Waals surface area contributed by atoms with Crippen LogP contribution in [0.3, 0.4) is 0 Å². The first-order chi connectivity index (χ1) is 8.20. The van der Waals surface area contributed by atoms with E-state index in [1.807, 2.05) is 36.0 Å². The Balaban J connectivity index is 2.10. The van der Waals surface area contributed by atoms with E-state index in [1.54, 1.807) is 12.1 Å². The molecule has 0 spiro atoms. The topological polar surface area (TPSA) is 40.8 Å². The second kappa shape index (κ2) is 4.94. The monoisotopic (exact) mass is 245 g/mol. The molecule has 0 bridgehead atoms. The highest BCUT2D eigenvalue weighted by Crippen LogP contribution is 2.20. The van der Waals surface area contributed by atoms with Crippen molar-refractivity contribution in [3.8, 4) is 6.07 Å². The van der Waals surface area contributed by atoms with Gasteiger partial charge in [-0.05, 0) is 30.3 Å². The number of hydrogen-bond acceptors (Lipinski definition) is 2. The van der Waals surface area contributed by atoms with Crippen LogP contribution in [0.1, 0.15) is 11.3 Å². The predicted molar refractivity (Wildman–Crippen MR) is 68.9 cm³/mol. The minimum Gasteiger partial charge on any atom is -0.379 e. The molecule has 1 aromatic carbocycles. The number of nitrogens with zero attached hydrogens (tertiary/aromatic N) is 2. The maximum atomic E-state index is 8.87. The summed E-state index contributed by atoms with van der Waals surface area (Å²) in [6.45, 7) is 0.718. The van der Waals surface area contributed by atoms with E-state index in [0.29, 0.717) is 10.6 Å². The number of benzene rings is 1. The van der Waals surface area contributed by atoms with Crippen LogP contribution in [-0.2, 0) is 13.6 Å². The molecule has 0 fully saturated rings. The fourth-order valence-electron chi connectivity index (χ4n) is 1.59. The summed E-state index contributed by atoms with van der Waals surface area (Å²) in [5.74, 6) is 0. The molecule has 17 heavy (non-hydrogen) atoms. The largest absolute Gasteiger partial charge is 0.379 e. The van der Waals surface area contributed by atoms with Gasteiger partial charge >= 0.3 is 0 Å². The van der Waals surface area contributed by atoms with Gasteiger partial charge in [0.25, 0.3) is 0 Å². The Kier molecular flexibility index (Phi) is 3.36. The highest BCUT2D eigenvalue weighted by atomic mass is 35.5. The SMILES string of the molecule is Cn1cccc1CNc1ccc(Cl)c(C#N)c1.